The molecule has 0 aliphatic heterocycles. The van der Waals surface area contributed by atoms with Crippen LogP contribution in [0.2, 0.25) is 0 Å². The van der Waals surface area contributed by atoms with Crippen LogP contribution in [-0.4, -0.2) is 30.0 Å². The average Bonchev–Trinajstić information content (AvgIpc) is 2.69. The molecule has 0 saturated carbocycles. The van der Waals surface area contributed by atoms with Crippen molar-refractivity contribution < 1.29 is 23.8 Å². The number of benzene rings is 2. The molecule has 0 aliphatic carbocycles. The Labute approximate surface area is 161 Å². The van der Waals surface area contributed by atoms with Crippen LogP contribution < -0.4 is 10.2 Å². The van der Waals surface area contributed by atoms with Crippen molar-refractivity contribution in [2.24, 2.45) is 0 Å². The Morgan fingerprint density at radius 1 is 0.929 bits per heavy atom. The number of pyridine rings is 1. The molecule has 0 unspecified atom stereocenters. The van der Waals surface area contributed by atoms with Crippen molar-refractivity contribution in [2.75, 3.05) is 13.2 Å². The molecule has 144 valence electrons. The Morgan fingerprint density at radius 2 is 1.61 bits per heavy atom. The second kappa shape index (κ2) is 8.39. The molecule has 0 N–H and O–H groups in total. The highest BCUT2D eigenvalue weighted by atomic mass is 16.7. The Balaban J connectivity index is 2.09. The fourth-order valence-electron chi connectivity index (χ4n) is 2.81. The van der Waals surface area contributed by atoms with E-state index < -0.39 is 12.2 Å². The van der Waals surface area contributed by atoms with Gasteiger partial charge in [0, 0.05) is 11.5 Å². The Kier molecular flexibility index (Phi) is 5.74. The van der Waals surface area contributed by atoms with Crippen LogP contribution in [0.4, 0.5) is 9.59 Å². The number of ether oxygens (including phenoxy) is 3. The minimum absolute atomic E-state index is 0.199. The average molecular weight is 381 g/mol. The van der Waals surface area contributed by atoms with Crippen LogP contribution in [-0.2, 0) is 9.47 Å². The number of nitrogens with zero attached hydrogens (tertiary/aromatic N) is 1. The molecule has 0 fully saturated rings. The monoisotopic (exact) mass is 381 g/mol. The van der Waals surface area contributed by atoms with Gasteiger partial charge in [-0.25, -0.2) is 14.2 Å². The summed E-state index contributed by atoms with van der Waals surface area (Å²) in [6.45, 7) is 3.80. The van der Waals surface area contributed by atoms with Gasteiger partial charge in [-0.05, 0) is 55.8 Å². The van der Waals surface area contributed by atoms with Crippen molar-refractivity contribution in [3.63, 3.8) is 0 Å². The molecule has 7 heteroatoms. The highest BCUT2D eigenvalue weighted by molar-refractivity contribution is 5.92. The number of fused-ring (bicyclic) bond motifs is 1. The first-order valence-corrected chi connectivity index (χ1v) is 8.82. The molecule has 3 rings (SSSR count). The lowest BCUT2D eigenvalue weighted by Crippen LogP contribution is -2.20. The largest absolute Gasteiger partial charge is 0.513 e. The topological polar surface area (TPSA) is 83.8 Å². The van der Waals surface area contributed by atoms with E-state index in [9.17, 15) is 14.4 Å². The number of carbonyl (C=O) groups excluding carboxylic acids is 2. The summed E-state index contributed by atoms with van der Waals surface area (Å²) in [4.78, 5) is 36.6. The summed E-state index contributed by atoms with van der Waals surface area (Å²) in [6.07, 6.45) is -1.38. The van der Waals surface area contributed by atoms with Crippen molar-refractivity contribution in [1.82, 2.24) is 4.57 Å². The summed E-state index contributed by atoms with van der Waals surface area (Å²) in [7, 11) is 0. The summed E-state index contributed by atoms with van der Waals surface area (Å²) in [5, 5.41) is 0.418. The Bertz CT molecular complexity index is 1070. The van der Waals surface area contributed by atoms with Gasteiger partial charge in [-0.3, -0.25) is 4.79 Å². The minimum Gasteiger partial charge on any atom is -0.449 e. The summed E-state index contributed by atoms with van der Waals surface area (Å²) in [6, 6.07) is 14.6. The minimum atomic E-state index is -0.801. The lowest BCUT2D eigenvalue weighted by atomic mass is 10.1. The maximum Gasteiger partial charge on any atom is 0.513 e. The predicted octanol–water partition coefficient (Wildman–Crippen LogP) is 4.21. The number of hydrogen-bond acceptors (Lipinski definition) is 6. The van der Waals surface area contributed by atoms with Crippen LogP contribution in [0.25, 0.3) is 22.2 Å². The molecule has 0 amide bonds. The molecule has 3 aromatic rings. The number of aromatic nitrogens is 1. The van der Waals surface area contributed by atoms with E-state index >= 15 is 0 Å². The maximum atomic E-state index is 12.6. The quantitative estimate of drug-likeness (QED) is 0.497. The van der Waals surface area contributed by atoms with Crippen molar-refractivity contribution in [1.29, 1.82) is 0 Å². The Hall–Kier alpha value is -3.61. The van der Waals surface area contributed by atoms with E-state index in [-0.39, 0.29) is 24.4 Å². The molecule has 0 spiro atoms. The molecule has 7 nitrogen and oxygen atoms in total. The smallest absolute Gasteiger partial charge is 0.449 e. The van der Waals surface area contributed by atoms with E-state index in [0.29, 0.717) is 22.2 Å². The normalized spacial score (nSPS) is 10.5. The van der Waals surface area contributed by atoms with Crippen LogP contribution in [0.3, 0.4) is 0 Å². The van der Waals surface area contributed by atoms with Gasteiger partial charge in [0.15, 0.2) is 5.43 Å². The van der Waals surface area contributed by atoms with E-state index in [1.807, 2.05) is 0 Å². The molecule has 0 atom stereocenters. The van der Waals surface area contributed by atoms with Crippen molar-refractivity contribution >= 4 is 23.2 Å². The molecular weight excluding hydrogens is 362 g/mol. The maximum absolute atomic E-state index is 12.6. The van der Waals surface area contributed by atoms with Gasteiger partial charge in [0.2, 0.25) is 0 Å². The molecule has 0 bridgehead atoms. The zero-order chi connectivity index (χ0) is 20.1. The van der Waals surface area contributed by atoms with Crippen LogP contribution in [0, 0.1) is 0 Å². The van der Waals surface area contributed by atoms with Gasteiger partial charge in [-0.1, -0.05) is 12.1 Å². The lowest BCUT2D eigenvalue weighted by Gasteiger charge is -2.15. The summed E-state index contributed by atoms with van der Waals surface area (Å²) >= 11 is 0. The SMILES string of the molecule is CCOC(=O)Oc1ccc(-c2cc(=O)c3ccccc3n2C(=O)OCC)cc1. The third-order valence-electron chi connectivity index (χ3n) is 3.98. The standard InChI is InChI=1S/C21H19NO6/c1-3-26-20(24)22-17-8-6-5-7-16(17)19(23)13-18(22)14-9-11-15(12-10-14)28-21(25)27-4-2/h5-13H,3-4H2,1-2H3. The van der Waals surface area contributed by atoms with Crippen molar-refractivity contribution in [3.05, 3.63) is 64.8 Å². The summed E-state index contributed by atoms with van der Waals surface area (Å²) in [5.41, 5.74) is 1.21. The predicted molar refractivity (Wildman–Crippen MR) is 104 cm³/mol. The fraction of sp³-hybridized carbons (Fsp3) is 0.190. The second-order valence-corrected chi connectivity index (χ2v) is 5.75. The highest BCUT2D eigenvalue weighted by Crippen LogP contribution is 2.25. The van der Waals surface area contributed by atoms with Crippen molar-refractivity contribution in [3.8, 4) is 17.0 Å². The number of para-hydroxylation sites is 1. The lowest BCUT2D eigenvalue weighted by molar-refractivity contribution is 0.104. The first-order chi connectivity index (χ1) is 13.5. The first-order valence-electron chi connectivity index (χ1n) is 8.82. The van der Waals surface area contributed by atoms with Crippen LogP contribution >= 0.6 is 0 Å². The molecular formula is C21H19NO6. The summed E-state index contributed by atoms with van der Waals surface area (Å²) < 4.78 is 16.3. The fourth-order valence-corrected chi connectivity index (χ4v) is 2.81. The van der Waals surface area contributed by atoms with E-state index in [0.717, 1.165) is 0 Å². The third-order valence-corrected chi connectivity index (χ3v) is 3.98. The van der Waals surface area contributed by atoms with E-state index in [1.54, 1.807) is 62.4 Å². The second-order valence-electron chi connectivity index (χ2n) is 5.75. The number of carbonyl (C=O) groups is 2. The van der Waals surface area contributed by atoms with Gasteiger partial charge in [0.25, 0.3) is 0 Å². The van der Waals surface area contributed by atoms with Crippen molar-refractivity contribution in [2.45, 2.75) is 13.8 Å². The number of rotatable bonds is 4. The van der Waals surface area contributed by atoms with Gasteiger partial charge >= 0.3 is 12.2 Å². The van der Waals surface area contributed by atoms with E-state index in [1.165, 1.54) is 10.6 Å². The molecule has 0 aliphatic rings. The number of hydrogen-bond donors (Lipinski definition) is 0. The van der Waals surface area contributed by atoms with Crippen LogP contribution in [0.15, 0.2) is 59.4 Å². The molecule has 1 aromatic heterocycles. The van der Waals surface area contributed by atoms with E-state index in [4.69, 9.17) is 14.2 Å². The zero-order valence-electron chi connectivity index (χ0n) is 15.5. The molecule has 0 saturated heterocycles. The van der Waals surface area contributed by atoms with E-state index in [2.05, 4.69) is 0 Å². The molecule has 2 aromatic carbocycles. The third kappa shape index (κ3) is 3.88. The summed E-state index contributed by atoms with van der Waals surface area (Å²) in [5.74, 6) is 0.285. The van der Waals surface area contributed by atoms with Gasteiger partial charge < -0.3 is 14.2 Å². The Morgan fingerprint density at radius 3 is 2.29 bits per heavy atom. The zero-order valence-corrected chi connectivity index (χ0v) is 15.5. The van der Waals surface area contributed by atoms with Crippen LogP contribution in [0.1, 0.15) is 13.8 Å². The first kappa shape index (κ1) is 19.2. The molecule has 1 heterocycles. The molecule has 0 radical (unpaired) electrons. The van der Waals surface area contributed by atoms with Gasteiger partial charge in [-0.2, -0.15) is 0 Å². The molecule has 28 heavy (non-hydrogen) atoms. The van der Waals surface area contributed by atoms with Gasteiger partial charge in [-0.15, -0.1) is 0 Å². The highest BCUT2D eigenvalue weighted by Gasteiger charge is 2.17. The van der Waals surface area contributed by atoms with Crippen LogP contribution in [0.5, 0.6) is 5.75 Å². The van der Waals surface area contributed by atoms with Gasteiger partial charge in [0.05, 0.1) is 24.4 Å². The van der Waals surface area contributed by atoms with Gasteiger partial charge in [0.1, 0.15) is 5.75 Å².